The monoisotopic (exact) mass is 648 g/mol. The molecule has 2 aromatic carbocycles. The fourth-order valence-corrected chi connectivity index (χ4v) is 5.51. The molecule has 2 rings (SSSR count). The molecule has 29 heavy (non-hydrogen) atoms. The summed E-state index contributed by atoms with van der Waals surface area (Å²) in [4.78, 5) is 0. The maximum absolute atomic E-state index is 5.87. The summed E-state index contributed by atoms with van der Waals surface area (Å²) in [5, 5.41) is 0. The minimum absolute atomic E-state index is 0.254. The van der Waals surface area contributed by atoms with Gasteiger partial charge in [0.2, 0.25) is 0 Å². The summed E-state index contributed by atoms with van der Waals surface area (Å²) in [7, 11) is 0. The van der Waals surface area contributed by atoms with Crippen LogP contribution in [0.4, 0.5) is 0 Å². The third-order valence-corrected chi connectivity index (χ3v) is 6.72. The van der Waals surface area contributed by atoms with Crippen molar-refractivity contribution >= 4 is 63.7 Å². The van der Waals surface area contributed by atoms with Gasteiger partial charge in [-0.3, -0.25) is 0 Å². The zero-order chi connectivity index (χ0) is 21.9. The Morgan fingerprint density at radius 2 is 1.00 bits per heavy atom. The molecule has 0 heterocycles. The van der Waals surface area contributed by atoms with Gasteiger partial charge >= 0.3 is 0 Å². The van der Waals surface area contributed by atoms with E-state index in [-0.39, 0.29) is 5.41 Å². The highest BCUT2D eigenvalue weighted by atomic mass is 79.9. The summed E-state index contributed by atoms with van der Waals surface area (Å²) in [5.41, 5.74) is 3.98. The molecule has 0 aliphatic heterocycles. The fourth-order valence-electron chi connectivity index (χ4n) is 2.67. The molecule has 0 atom stereocenters. The topological polar surface area (TPSA) is 18.5 Å². The van der Waals surface area contributed by atoms with Crippen LogP contribution in [0.15, 0.2) is 66.5 Å². The summed E-state index contributed by atoms with van der Waals surface area (Å²) in [5.74, 6) is 1.55. The van der Waals surface area contributed by atoms with Gasteiger partial charge in [0, 0.05) is 5.41 Å². The quantitative estimate of drug-likeness (QED) is 0.265. The van der Waals surface area contributed by atoms with Crippen LogP contribution in [0.3, 0.4) is 0 Å². The van der Waals surface area contributed by atoms with Gasteiger partial charge in [-0.15, -0.1) is 0 Å². The van der Waals surface area contributed by atoms with E-state index in [9.17, 15) is 0 Å². The molecule has 0 aliphatic carbocycles. The number of halogens is 4. The summed E-state index contributed by atoms with van der Waals surface area (Å²) in [6.45, 7) is 17.0. The van der Waals surface area contributed by atoms with E-state index in [0.29, 0.717) is 13.2 Å². The Bertz CT molecular complexity index is 826. The van der Waals surface area contributed by atoms with Crippen molar-refractivity contribution in [2.24, 2.45) is 0 Å². The van der Waals surface area contributed by atoms with Gasteiger partial charge in [-0.25, -0.2) is 0 Å². The Morgan fingerprint density at radius 1 is 0.724 bits per heavy atom. The van der Waals surface area contributed by atoms with Gasteiger partial charge in [-0.2, -0.15) is 0 Å². The van der Waals surface area contributed by atoms with Gasteiger partial charge in [0.15, 0.2) is 0 Å². The molecule has 6 heteroatoms. The molecule has 0 amide bonds. The van der Waals surface area contributed by atoms with Gasteiger partial charge < -0.3 is 9.47 Å². The second kappa shape index (κ2) is 10.2. The molecule has 0 fully saturated rings. The normalized spacial score (nSPS) is 11.3. The lowest BCUT2D eigenvalue weighted by Crippen LogP contribution is -2.19. The molecule has 0 N–H and O–H groups in total. The molecule has 2 nitrogen and oxygen atoms in total. The van der Waals surface area contributed by atoms with Crippen molar-refractivity contribution in [2.75, 3.05) is 13.2 Å². The van der Waals surface area contributed by atoms with Gasteiger partial charge in [0.05, 0.1) is 17.9 Å². The molecule has 0 unspecified atom stereocenters. The van der Waals surface area contributed by atoms with Crippen LogP contribution in [-0.4, -0.2) is 13.2 Å². The van der Waals surface area contributed by atoms with Gasteiger partial charge in [-0.05, 0) is 124 Å². The maximum Gasteiger partial charge on any atom is 0.148 e. The third-order valence-electron chi connectivity index (χ3n) is 4.37. The SMILES string of the molecule is C=C(C)COc1c(Br)cc(C(C)(C)c2cc(Br)c(OCC(=C)C)c(Br)c2)cc1Br. The van der Waals surface area contributed by atoms with Crippen LogP contribution in [0.5, 0.6) is 11.5 Å². The van der Waals surface area contributed by atoms with Crippen LogP contribution in [0.1, 0.15) is 38.8 Å². The minimum Gasteiger partial charge on any atom is -0.487 e. The van der Waals surface area contributed by atoms with E-state index in [2.05, 4.69) is 115 Å². The van der Waals surface area contributed by atoms with Crippen LogP contribution in [0.2, 0.25) is 0 Å². The third kappa shape index (κ3) is 6.22. The summed E-state index contributed by atoms with van der Waals surface area (Å²) in [6.07, 6.45) is 0. The van der Waals surface area contributed by atoms with Crippen LogP contribution < -0.4 is 9.47 Å². The van der Waals surface area contributed by atoms with Crippen molar-refractivity contribution in [1.82, 2.24) is 0 Å². The average Bonchev–Trinajstić information content (AvgIpc) is 2.59. The van der Waals surface area contributed by atoms with Crippen LogP contribution in [0, 0.1) is 0 Å². The molecule has 2 aromatic rings. The molecule has 0 saturated heterocycles. The molecular weight excluding hydrogens is 628 g/mol. The largest absolute Gasteiger partial charge is 0.487 e. The molecule has 0 spiro atoms. The lowest BCUT2D eigenvalue weighted by atomic mass is 9.78. The number of hydrogen-bond donors (Lipinski definition) is 0. The number of benzene rings is 2. The van der Waals surface area contributed by atoms with E-state index in [1.165, 1.54) is 0 Å². The highest BCUT2D eigenvalue weighted by Gasteiger charge is 2.27. The highest BCUT2D eigenvalue weighted by Crippen LogP contribution is 2.44. The second-order valence-electron chi connectivity index (χ2n) is 7.65. The number of hydrogen-bond acceptors (Lipinski definition) is 2. The Morgan fingerprint density at radius 3 is 1.24 bits per heavy atom. The Hall–Kier alpha value is -0.560. The second-order valence-corrected chi connectivity index (χ2v) is 11.1. The van der Waals surface area contributed by atoms with Gasteiger partial charge in [-0.1, -0.05) is 27.0 Å². The number of rotatable bonds is 8. The van der Waals surface area contributed by atoms with Crippen molar-refractivity contribution in [2.45, 2.75) is 33.1 Å². The Balaban J connectivity index is 2.42. The lowest BCUT2D eigenvalue weighted by Gasteiger charge is -2.28. The van der Waals surface area contributed by atoms with E-state index < -0.39 is 0 Å². The average molecular weight is 652 g/mol. The summed E-state index contributed by atoms with van der Waals surface area (Å²) < 4.78 is 15.3. The standard InChI is InChI=1S/C23H24Br4O2/c1-13(2)11-28-21-17(24)7-15(8-18(21)25)23(5,6)16-9-19(26)22(20(27)10-16)29-12-14(3)4/h7-10H,1,3,11-12H2,2,4-6H3. The first kappa shape index (κ1) is 24.7. The van der Waals surface area contributed by atoms with Crippen molar-refractivity contribution < 1.29 is 9.47 Å². The van der Waals surface area contributed by atoms with Crippen LogP contribution in [0.25, 0.3) is 0 Å². The van der Waals surface area contributed by atoms with Gasteiger partial charge in [0.25, 0.3) is 0 Å². The summed E-state index contributed by atoms with van der Waals surface area (Å²) in [6, 6.07) is 8.41. The zero-order valence-corrected chi connectivity index (χ0v) is 23.3. The molecular formula is C23H24Br4O2. The molecule has 0 aliphatic rings. The van der Waals surface area contributed by atoms with Crippen molar-refractivity contribution in [3.63, 3.8) is 0 Å². The molecule has 0 saturated carbocycles. The first-order valence-corrected chi connectivity index (χ1v) is 12.1. The Labute approximate surface area is 207 Å². The van der Waals surface area contributed by atoms with Crippen LogP contribution >= 0.6 is 63.7 Å². The van der Waals surface area contributed by atoms with Crippen LogP contribution in [-0.2, 0) is 5.41 Å². The van der Waals surface area contributed by atoms with Gasteiger partial charge in [0.1, 0.15) is 24.7 Å². The summed E-state index contributed by atoms with van der Waals surface area (Å²) >= 11 is 14.6. The fraction of sp³-hybridized carbons (Fsp3) is 0.304. The molecule has 0 bridgehead atoms. The van der Waals surface area contributed by atoms with E-state index in [0.717, 1.165) is 51.7 Å². The van der Waals surface area contributed by atoms with E-state index in [1.54, 1.807) is 0 Å². The lowest BCUT2D eigenvalue weighted by molar-refractivity contribution is 0.347. The smallest absolute Gasteiger partial charge is 0.148 e. The van der Waals surface area contributed by atoms with Crippen molar-refractivity contribution in [3.05, 3.63) is 77.6 Å². The zero-order valence-electron chi connectivity index (χ0n) is 17.0. The highest BCUT2D eigenvalue weighted by molar-refractivity contribution is 9.11. The number of ether oxygens (including phenoxy) is 2. The minimum atomic E-state index is -0.254. The van der Waals surface area contributed by atoms with Crippen molar-refractivity contribution in [1.29, 1.82) is 0 Å². The predicted octanol–water partition coefficient (Wildman–Crippen LogP) is 8.97. The predicted molar refractivity (Wildman–Crippen MR) is 136 cm³/mol. The van der Waals surface area contributed by atoms with E-state index in [1.807, 2.05) is 13.8 Å². The van der Waals surface area contributed by atoms with E-state index >= 15 is 0 Å². The first-order chi connectivity index (χ1) is 13.4. The Kier molecular flexibility index (Phi) is 8.66. The molecule has 156 valence electrons. The first-order valence-electron chi connectivity index (χ1n) is 8.97. The molecule has 0 radical (unpaired) electrons. The molecule has 0 aromatic heterocycles. The maximum atomic E-state index is 5.87. The van der Waals surface area contributed by atoms with Crippen molar-refractivity contribution in [3.8, 4) is 11.5 Å². The van der Waals surface area contributed by atoms with E-state index in [4.69, 9.17) is 9.47 Å².